The van der Waals surface area contributed by atoms with E-state index in [0.29, 0.717) is 16.1 Å². The lowest BCUT2D eigenvalue weighted by Gasteiger charge is -2.22. The van der Waals surface area contributed by atoms with Gasteiger partial charge in [0.15, 0.2) is 6.10 Å². The Balaban J connectivity index is 1.44. The smallest absolute Gasteiger partial charge is 0.341 e. The van der Waals surface area contributed by atoms with Crippen molar-refractivity contribution in [1.29, 1.82) is 0 Å². The van der Waals surface area contributed by atoms with Crippen LogP contribution in [0.4, 0.5) is 10.7 Å². The summed E-state index contributed by atoms with van der Waals surface area (Å²) in [6, 6.07) is 9.50. The predicted octanol–water partition coefficient (Wildman–Crippen LogP) is 6.70. The molecule has 1 aliphatic carbocycles. The molecule has 1 atom stereocenters. The molecule has 0 saturated carbocycles. The minimum Gasteiger partial charge on any atom is -0.462 e. The van der Waals surface area contributed by atoms with Crippen LogP contribution in [0.3, 0.4) is 0 Å². The number of esters is 2. The Labute approximate surface area is 263 Å². The van der Waals surface area contributed by atoms with Gasteiger partial charge in [0.25, 0.3) is 15.9 Å². The molecule has 0 aliphatic heterocycles. The molecule has 0 bridgehead atoms. The van der Waals surface area contributed by atoms with E-state index in [-0.39, 0.29) is 28.2 Å². The van der Waals surface area contributed by atoms with E-state index >= 15 is 0 Å². The number of hydrogen-bond acceptors (Lipinski definition) is 8. The molecule has 4 rings (SSSR count). The van der Waals surface area contributed by atoms with Gasteiger partial charge in [0.2, 0.25) is 0 Å². The molecule has 1 aromatic heterocycles. The summed E-state index contributed by atoms with van der Waals surface area (Å²) in [5.74, 6) is -1.80. The Morgan fingerprint density at radius 2 is 1.66 bits per heavy atom. The number of hydrogen-bond donors (Lipinski definition) is 2. The van der Waals surface area contributed by atoms with Crippen molar-refractivity contribution >= 4 is 49.9 Å². The molecule has 3 aromatic rings. The van der Waals surface area contributed by atoms with Crippen molar-refractivity contribution in [2.45, 2.75) is 90.6 Å². The summed E-state index contributed by atoms with van der Waals surface area (Å²) in [6.45, 7) is 13.1. The molecule has 44 heavy (non-hydrogen) atoms. The highest BCUT2D eigenvalue weighted by Crippen LogP contribution is 2.39. The summed E-state index contributed by atoms with van der Waals surface area (Å²) in [5, 5.41) is 3.16. The Bertz CT molecular complexity index is 1680. The molecule has 0 spiro atoms. The number of aryl methyl sites for hydroxylation is 2. The quantitative estimate of drug-likeness (QED) is 0.249. The van der Waals surface area contributed by atoms with Crippen LogP contribution in [0, 0.1) is 13.8 Å². The third-order valence-corrected chi connectivity index (χ3v) is 10.4. The van der Waals surface area contributed by atoms with Gasteiger partial charge in [0.1, 0.15) is 5.00 Å². The van der Waals surface area contributed by atoms with E-state index in [9.17, 15) is 22.8 Å². The number of ether oxygens (including phenoxy) is 2. The molecule has 1 aliphatic rings. The molecule has 236 valence electrons. The Morgan fingerprint density at radius 3 is 2.30 bits per heavy atom. The fourth-order valence-electron chi connectivity index (χ4n) is 4.99. The van der Waals surface area contributed by atoms with E-state index in [1.807, 2.05) is 33.8 Å². The third kappa shape index (κ3) is 7.32. The Hall–Kier alpha value is -3.70. The number of nitrogens with one attached hydrogen (secondary N) is 2. The molecule has 0 radical (unpaired) electrons. The normalized spacial score (nSPS) is 13.9. The Morgan fingerprint density at radius 1 is 1.00 bits per heavy atom. The van der Waals surface area contributed by atoms with Crippen LogP contribution in [-0.4, -0.2) is 39.0 Å². The van der Waals surface area contributed by atoms with Gasteiger partial charge in [-0.15, -0.1) is 11.3 Å². The highest BCUT2D eigenvalue weighted by Gasteiger charge is 2.29. The van der Waals surface area contributed by atoms with Gasteiger partial charge in [-0.25, -0.2) is 18.0 Å². The van der Waals surface area contributed by atoms with E-state index in [2.05, 4.69) is 10.0 Å². The minimum absolute atomic E-state index is 0.146. The number of carbonyl (C=O) groups excluding carboxylic acids is 3. The predicted molar refractivity (Wildman–Crippen MR) is 172 cm³/mol. The van der Waals surface area contributed by atoms with Gasteiger partial charge in [0, 0.05) is 10.6 Å². The lowest BCUT2D eigenvalue weighted by molar-refractivity contribution is -0.123. The summed E-state index contributed by atoms with van der Waals surface area (Å²) in [4.78, 5) is 39.8. The van der Waals surface area contributed by atoms with E-state index in [1.54, 1.807) is 19.9 Å². The van der Waals surface area contributed by atoms with E-state index in [1.165, 1.54) is 42.5 Å². The molecule has 0 fully saturated rings. The van der Waals surface area contributed by atoms with Gasteiger partial charge < -0.3 is 14.8 Å². The second-order valence-corrected chi connectivity index (χ2v) is 14.8. The lowest BCUT2D eigenvalue weighted by Crippen LogP contribution is -2.30. The number of carbonyl (C=O) groups is 3. The first-order valence-corrected chi connectivity index (χ1v) is 17.0. The van der Waals surface area contributed by atoms with Crippen molar-refractivity contribution in [1.82, 2.24) is 0 Å². The van der Waals surface area contributed by atoms with Crippen molar-refractivity contribution in [3.05, 3.63) is 74.7 Å². The largest absolute Gasteiger partial charge is 0.462 e. The van der Waals surface area contributed by atoms with E-state index in [4.69, 9.17) is 9.47 Å². The van der Waals surface area contributed by atoms with Gasteiger partial charge in [0.05, 0.1) is 22.6 Å². The first-order valence-electron chi connectivity index (χ1n) is 14.7. The van der Waals surface area contributed by atoms with Crippen LogP contribution in [0.25, 0.3) is 0 Å². The van der Waals surface area contributed by atoms with Crippen molar-refractivity contribution in [2.24, 2.45) is 0 Å². The Kier molecular flexibility index (Phi) is 9.90. The molecule has 1 heterocycles. The topological polar surface area (TPSA) is 128 Å². The van der Waals surface area contributed by atoms with Crippen LogP contribution < -0.4 is 10.0 Å². The molecule has 9 nitrogen and oxygen atoms in total. The molecular weight excluding hydrogens is 601 g/mol. The minimum atomic E-state index is -3.91. The van der Waals surface area contributed by atoms with Crippen LogP contribution in [0.2, 0.25) is 0 Å². The summed E-state index contributed by atoms with van der Waals surface area (Å²) in [7, 11) is -3.91. The summed E-state index contributed by atoms with van der Waals surface area (Å²) in [6.07, 6.45) is 2.40. The third-order valence-electron chi connectivity index (χ3n) is 7.69. The first-order chi connectivity index (χ1) is 20.6. The summed E-state index contributed by atoms with van der Waals surface area (Å²) < 4.78 is 39.9. The number of anilines is 2. The second kappa shape index (κ2) is 13.1. The number of rotatable bonds is 9. The van der Waals surface area contributed by atoms with Crippen LogP contribution in [0.5, 0.6) is 0 Å². The van der Waals surface area contributed by atoms with Crippen LogP contribution in [0.15, 0.2) is 41.3 Å². The van der Waals surface area contributed by atoms with Gasteiger partial charge in [-0.2, -0.15) is 0 Å². The number of thiophene rings is 1. The maximum absolute atomic E-state index is 13.3. The average Bonchev–Trinajstić information content (AvgIpc) is 3.31. The number of amides is 1. The van der Waals surface area contributed by atoms with Gasteiger partial charge >= 0.3 is 11.9 Å². The van der Waals surface area contributed by atoms with Crippen LogP contribution in [0.1, 0.15) is 95.3 Å². The number of benzene rings is 2. The molecule has 2 N–H and O–H groups in total. The van der Waals surface area contributed by atoms with Crippen molar-refractivity contribution in [3.8, 4) is 0 Å². The van der Waals surface area contributed by atoms with Gasteiger partial charge in [-0.3, -0.25) is 9.52 Å². The zero-order valence-corrected chi connectivity index (χ0v) is 27.9. The lowest BCUT2D eigenvalue weighted by atomic mass is 9.85. The molecule has 1 unspecified atom stereocenters. The summed E-state index contributed by atoms with van der Waals surface area (Å²) >= 11 is 1.36. The van der Waals surface area contributed by atoms with E-state index in [0.717, 1.165) is 47.3 Å². The maximum atomic E-state index is 13.3. The molecular formula is C33H40N2O7S2. The monoisotopic (exact) mass is 640 g/mol. The first kappa shape index (κ1) is 33.2. The zero-order valence-electron chi connectivity index (χ0n) is 26.3. The SMILES string of the molecule is CCOC(=O)c1c(NC(=O)C(C)OC(=O)c2ccc(NS(=O)(=O)c3cc(C(C)(C)C)cc(C)c3C)cc2)sc2c1CCCC2. The zero-order chi connectivity index (χ0) is 32.4. The van der Waals surface area contributed by atoms with Gasteiger partial charge in [-0.1, -0.05) is 26.8 Å². The number of sulfonamides is 1. The highest BCUT2D eigenvalue weighted by atomic mass is 32.2. The van der Waals surface area contributed by atoms with Crippen LogP contribution in [-0.2, 0) is 42.5 Å². The van der Waals surface area contributed by atoms with Crippen molar-refractivity contribution < 1.29 is 32.3 Å². The molecule has 0 saturated heterocycles. The fourth-order valence-corrected chi connectivity index (χ4v) is 7.68. The average molecular weight is 641 g/mol. The fraction of sp³-hybridized carbons (Fsp3) is 0.424. The standard InChI is InChI=1S/C33H40N2O7S2/c1-8-41-32(38)28-25-11-9-10-12-26(25)43-30(28)34-29(36)21(4)42-31(37)22-13-15-24(16-14-22)35-44(39,40)27-18-23(33(5,6)7)17-19(2)20(27)3/h13-18,21,35H,8-12H2,1-7H3,(H,34,36). The molecule has 11 heteroatoms. The summed E-state index contributed by atoms with van der Waals surface area (Å²) in [5.41, 5.74) is 3.94. The number of fused-ring (bicyclic) bond motifs is 1. The molecule has 2 aromatic carbocycles. The van der Waals surface area contributed by atoms with Crippen molar-refractivity contribution in [3.63, 3.8) is 0 Å². The highest BCUT2D eigenvalue weighted by molar-refractivity contribution is 7.92. The second-order valence-electron chi connectivity index (χ2n) is 12.0. The van der Waals surface area contributed by atoms with Crippen molar-refractivity contribution in [2.75, 3.05) is 16.6 Å². The van der Waals surface area contributed by atoms with E-state index < -0.39 is 34.0 Å². The van der Waals surface area contributed by atoms with Gasteiger partial charge in [-0.05, 0) is 111 Å². The maximum Gasteiger partial charge on any atom is 0.341 e. The van der Waals surface area contributed by atoms with Crippen LogP contribution >= 0.6 is 11.3 Å². The molecule has 1 amide bonds.